The maximum atomic E-state index is 5.67. The fourth-order valence-electron chi connectivity index (χ4n) is 2.43. The van der Waals surface area contributed by atoms with E-state index in [1.165, 1.54) is 5.56 Å². The lowest BCUT2D eigenvalue weighted by atomic mass is 9.93. The van der Waals surface area contributed by atoms with Crippen molar-refractivity contribution in [3.05, 3.63) is 29.8 Å². The van der Waals surface area contributed by atoms with Crippen molar-refractivity contribution in [1.29, 1.82) is 0 Å². The van der Waals surface area contributed by atoms with Crippen LogP contribution in [0.2, 0.25) is 0 Å². The van der Waals surface area contributed by atoms with Gasteiger partial charge in [0.15, 0.2) is 0 Å². The van der Waals surface area contributed by atoms with Crippen molar-refractivity contribution in [2.45, 2.75) is 32.3 Å². The first kappa shape index (κ1) is 13.4. The number of benzene rings is 1. The van der Waals surface area contributed by atoms with Crippen LogP contribution in [-0.4, -0.2) is 32.4 Å². The number of nitrogens with one attached hydrogen (secondary N) is 1. The first-order valence-electron chi connectivity index (χ1n) is 6.85. The average Bonchev–Trinajstić information content (AvgIpc) is 2.39. The lowest BCUT2D eigenvalue weighted by Gasteiger charge is -2.26. The van der Waals surface area contributed by atoms with Gasteiger partial charge in [0.25, 0.3) is 0 Å². The molecule has 1 aromatic carbocycles. The van der Waals surface area contributed by atoms with Gasteiger partial charge in [0.2, 0.25) is 0 Å². The van der Waals surface area contributed by atoms with Crippen LogP contribution in [0.4, 0.5) is 0 Å². The van der Waals surface area contributed by atoms with E-state index in [2.05, 4.69) is 30.4 Å². The summed E-state index contributed by atoms with van der Waals surface area (Å²) in [5.74, 6) is 1.61. The zero-order chi connectivity index (χ0) is 12.8. The second-order valence-corrected chi connectivity index (χ2v) is 4.80. The summed E-state index contributed by atoms with van der Waals surface area (Å²) in [7, 11) is 0. The molecule has 1 aliphatic rings. The molecule has 3 nitrogen and oxygen atoms in total. The van der Waals surface area contributed by atoms with Crippen molar-refractivity contribution in [2.24, 2.45) is 0 Å². The Morgan fingerprint density at radius 3 is 3.11 bits per heavy atom. The van der Waals surface area contributed by atoms with Crippen molar-refractivity contribution in [1.82, 2.24) is 5.32 Å². The summed E-state index contributed by atoms with van der Waals surface area (Å²) in [5.41, 5.74) is 1.33. The van der Waals surface area contributed by atoms with E-state index in [1.807, 2.05) is 13.0 Å². The Morgan fingerprint density at radius 2 is 2.28 bits per heavy atom. The SMILES string of the molecule is CCOC(C)CNCC1CCOc2ccccc21. The summed E-state index contributed by atoms with van der Waals surface area (Å²) < 4.78 is 11.2. The third-order valence-corrected chi connectivity index (χ3v) is 3.36. The second-order valence-electron chi connectivity index (χ2n) is 4.80. The molecule has 1 aliphatic heterocycles. The lowest BCUT2D eigenvalue weighted by molar-refractivity contribution is 0.0757. The van der Waals surface area contributed by atoms with Crippen LogP contribution in [0.3, 0.4) is 0 Å². The van der Waals surface area contributed by atoms with E-state index in [-0.39, 0.29) is 6.10 Å². The fraction of sp³-hybridized carbons (Fsp3) is 0.600. The lowest BCUT2D eigenvalue weighted by Crippen LogP contribution is -2.32. The number of hydrogen-bond donors (Lipinski definition) is 1. The highest BCUT2D eigenvalue weighted by Gasteiger charge is 2.20. The first-order valence-corrected chi connectivity index (χ1v) is 6.85. The summed E-state index contributed by atoms with van der Waals surface area (Å²) >= 11 is 0. The molecular formula is C15H23NO2. The second kappa shape index (κ2) is 6.76. The van der Waals surface area contributed by atoms with Crippen molar-refractivity contribution in [3.8, 4) is 5.75 Å². The van der Waals surface area contributed by atoms with Gasteiger partial charge >= 0.3 is 0 Å². The van der Waals surface area contributed by atoms with Gasteiger partial charge < -0.3 is 14.8 Å². The summed E-state index contributed by atoms with van der Waals surface area (Å²) in [6.45, 7) is 7.65. The Labute approximate surface area is 109 Å². The molecule has 2 rings (SSSR count). The Bertz CT molecular complexity index is 367. The predicted octanol–water partition coefficient (Wildman–Crippen LogP) is 2.57. The van der Waals surface area contributed by atoms with Crippen LogP contribution in [0.25, 0.3) is 0 Å². The highest BCUT2D eigenvalue weighted by Crippen LogP contribution is 2.32. The third-order valence-electron chi connectivity index (χ3n) is 3.36. The highest BCUT2D eigenvalue weighted by molar-refractivity contribution is 5.37. The van der Waals surface area contributed by atoms with Crippen LogP contribution in [-0.2, 0) is 4.74 Å². The molecule has 2 unspecified atom stereocenters. The van der Waals surface area contributed by atoms with Gasteiger partial charge in [0, 0.05) is 25.6 Å². The molecule has 0 saturated heterocycles. The van der Waals surface area contributed by atoms with Crippen LogP contribution in [0.5, 0.6) is 5.75 Å². The molecule has 18 heavy (non-hydrogen) atoms. The van der Waals surface area contributed by atoms with E-state index >= 15 is 0 Å². The molecule has 100 valence electrons. The molecule has 0 aromatic heterocycles. The molecule has 1 heterocycles. The molecule has 0 spiro atoms. The molecule has 0 bridgehead atoms. The van der Waals surface area contributed by atoms with Crippen LogP contribution in [0.15, 0.2) is 24.3 Å². The third kappa shape index (κ3) is 3.47. The number of para-hydroxylation sites is 1. The van der Waals surface area contributed by atoms with Gasteiger partial charge in [-0.15, -0.1) is 0 Å². The molecule has 1 aromatic rings. The Kier molecular flexibility index (Phi) is 5.02. The minimum absolute atomic E-state index is 0.282. The van der Waals surface area contributed by atoms with Crippen molar-refractivity contribution < 1.29 is 9.47 Å². The summed E-state index contributed by atoms with van der Waals surface area (Å²) in [4.78, 5) is 0. The molecule has 1 N–H and O–H groups in total. The van der Waals surface area contributed by atoms with Crippen molar-refractivity contribution in [3.63, 3.8) is 0 Å². The van der Waals surface area contributed by atoms with Crippen LogP contribution >= 0.6 is 0 Å². The molecule has 3 heteroatoms. The highest BCUT2D eigenvalue weighted by atomic mass is 16.5. The summed E-state index contributed by atoms with van der Waals surface area (Å²) in [6, 6.07) is 8.35. The quantitative estimate of drug-likeness (QED) is 0.840. The minimum Gasteiger partial charge on any atom is -0.493 e. The fourth-order valence-corrected chi connectivity index (χ4v) is 2.43. The van der Waals surface area contributed by atoms with Crippen LogP contribution in [0.1, 0.15) is 31.7 Å². The zero-order valence-electron chi connectivity index (χ0n) is 11.3. The molecule has 0 saturated carbocycles. The van der Waals surface area contributed by atoms with E-state index < -0.39 is 0 Å². The van der Waals surface area contributed by atoms with Gasteiger partial charge in [-0.2, -0.15) is 0 Å². The number of rotatable bonds is 6. The number of hydrogen-bond acceptors (Lipinski definition) is 3. The predicted molar refractivity (Wildman–Crippen MR) is 73.3 cm³/mol. The minimum atomic E-state index is 0.282. The van der Waals surface area contributed by atoms with Gasteiger partial charge in [-0.05, 0) is 31.9 Å². The van der Waals surface area contributed by atoms with Gasteiger partial charge in [-0.3, -0.25) is 0 Å². The van der Waals surface area contributed by atoms with Gasteiger partial charge in [-0.1, -0.05) is 18.2 Å². The van der Waals surface area contributed by atoms with E-state index in [9.17, 15) is 0 Å². The van der Waals surface area contributed by atoms with Crippen LogP contribution < -0.4 is 10.1 Å². The zero-order valence-corrected chi connectivity index (χ0v) is 11.3. The molecule has 0 aliphatic carbocycles. The normalized spacial score (nSPS) is 20.0. The number of fused-ring (bicyclic) bond motifs is 1. The van der Waals surface area contributed by atoms with Crippen molar-refractivity contribution >= 4 is 0 Å². The van der Waals surface area contributed by atoms with E-state index in [4.69, 9.17) is 9.47 Å². The number of ether oxygens (including phenoxy) is 2. The monoisotopic (exact) mass is 249 g/mol. The Morgan fingerprint density at radius 1 is 1.44 bits per heavy atom. The van der Waals surface area contributed by atoms with E-state index in [0.717, 1.165) is 38.5 Å². The topological polar surface area (TPSA) is 30.5 Å². The Balaban J connectivity index is 1.84. The molecule has 0 radical (unpaired) electrons. The molecular weight excluding hydrogens is 226 g/mol. The standard InChI is InChI=1S/C15H23NO2/c1-3-17-12(2)10-16-11-13-8-9-18-15-7-5-4-6-14(13)15/h4-7,12-13,16H,3,8-11H2,1-2H3. The van der Waals surface area contributed by atoms with E-state index in [1.54, 1.807) is 0 Å². The largest absolute Gasteiger partial charge is 0.493 e. The van der Waals surface area contributed by atoms with Gasteiger partial charge in [0.05, 0.1) is 12.7 Å². The molecule has 0 amide bonds. The Hall–Kier alpha value is -1.06. The molecule has 0 fully saturated rings. The van der Waals surface area contributed by atoms with Gasteiger partial charge in [-0.25, -0.2) is 0 Å². The average molecular weight is 249 g/mol. The summed E-state index contributed by atoms with van der Waals surface area (Å²) in [6.07, 6.45) is 1.37. The van der Waals surface area contributed by atoms with Crippen LogP contribution in [0, 0.1) is 0 Å². The maximum Gasteiger partial charge on any atom is 0.122 e. The van der Waals surface area contributed by atoms with Gasteiger partial charge in [0.1, 0.15) is 5.75 Å². The smallest absolute Gasteiger partial charge is 0.122 e. The van der Waals surface area contributed by atoms with E-state index in [0.29, 0.717) is 5.92 Å². The molecule has 2 atom stereocenters. The maximum absolute atomic E-state index is 5.67. The first-order chi connectivity index (χ1) is 8.81. The van der Waals surface area contributed by atoms with Crippen molar-refractivity contribution in [2.75, 3.05) is 26.3 Å². The summed E-state index contributed by atoms with van der Waals surface area (Å²) in [5, 5.41) is 3.50.